The number of fused-ring (bicyclic) bond motifs is 1. The zero-order chi connectivity index (χ0) is 7.68. The van der Waals surface area contributed by atoms with Crippen LogP contribution in [0.25, 0.3) is 0 Å². The largest absolute Gasteiger partial charge is 0.312 e. The van der Waals surface area contributed by atoms with Crippen molar-refractivity contribution in [3.63, 3.8) is 0 Å². The fourth-order valence-corrected chi connectivity index (χ4v) is 1.50. The fraction of sp³-hybridized carbons (Fsp3) is 0.333. The van der Waals surface area contributed by atoms with Gasteiger partial charge >= 0.3 is 0 Å². The highest BCUT2D eigenvalue weighted by Gasteiger charge is 2.06. The summed E-state index contributed by atoms with van der Waals surface area (Å²) in [6, 6.07) is 6.15. The Morgan fingerprint density at radius 3 is 3.09 bits per heavy atom. The minimum absolute atomic E-state index is 0.880. The molecule has 1 aliphatic rings. The zero-order valence-corrected chi connectivity index (χ0v) is 6.43. The predicted molar refractivity (Wildman–Crippen MR) is 47.2 cm³/mol. The molecule has 0 aromatic heterocycles. The molecule has 2 heteroatoms. The molecule has 0 unspecified atom stereocenters. The Morgan fingerprint density at radius 1 is 1.27 bits per heavy atom. The van der Waals surface area contributed by atoms with Gasteiger partial charge in [-0.05, 0) is 24.1 Å². The summed E-state index contributed by atoms with van der Waals surface area (Å²) in [6.45, 7) is 2.08. The molecule has 1 N–H and O–H groups in total. The molecule has 54 valence electrons. The van der Waals surface area contributed by atoms with Gasteiger partial charge in [-0.3, -0.25) is 0 Å². The maximum atomic E-state index is 5.66. The molecule has 0 atom stereocenters. The third-order valence-electron chi connectivity index (χ3n) is 2.12. The van der Waals surface area contributed by atoms with E-state index < -0.39 is 0 Å². The quantitative estimate of drug-likeness (QED) is 0.509. The lowest BCUT2D eigenvalue weighted by atomic mass is 9.90. The second-order valence-electron chi connectivity index (χ2n) is 2.95. The zero-order valence-electron chi connectivity index (χ0n) is 6.43. The van der Waals surface area contributed by atoms with Crippen molar-refractivity contribution in [1.29, 1.82) is 0 Å². The number of benzene rings is 1. The van der Waals surface area contributed by atoms with Gasteiger partial charge < -0.3 is 5.32 Å². The summed E-state index contributed by atoms with van der Waals surface area (Å²) < 4.78 is 0. The maximum absolute atomic E-state index is 5.66. The van der Waals surface area contributed by atoms with Crippen LogP contribution in [-0.2, 0) is 13.0 Å². The summed E-state index contributed by atoms with van der Waals surface area (Å²) in [7, 11) is 5.66. The van der Waals surface area contributed by atoms with Gasteiger partial charge in [-0.2, -0.15) is 0 Å². The van der Waals surface area contributed by atoms with E-state index in [0.717, 1.165) is 25.0 Å². The Hall–Kier alpha value is -0.755. The molecule has 0 fully saturated rings. The Kier molecular flexibility index (Phi) is 1.70. The van der Waals surface area contributed by atoms with Crippen LogP contribution >= 0.6 is 0 Å². The Balaban J connectivity index is 2.43. The summed E-state index contributed by atoms with van der Waals surface area (Å²) in [5.74, 6) is 0. The predicted octanol–water partition coefficient (Wildman–Crippen LogP) is 0.126. The minimum Gasteiger partial charge on any atom is -0.312 e. The van der Waals surface area contributed by atoms with E-state index in [1.807, 2.05) is 6.07 Å². The topological polar surface area (TPSA) is 12.0 Å². The van der Waals surface area contributed by atoms with Crippen LogP contribution in [0.3, 0.4) is 0 Å². The van der Waals surface area contributed by atoms with E-state index in [-0.39, 0.29) is 0 Å². The van der Waals surface area contributed by atoms with E-state index in [1.54, 1.807) is 0 Å². The second-order valence-corrected chi connectivity index (χ2v) is 2.95. The van der Waals surface area contributed by atoms with Crippen molar-refractivity contribution in [2.24, 2.45) is 0 Å². The molecule has 2 rings (SSSR count). The molecule has 1 aromatic rings. The molecule has 0 bridgehead atoms. The van der Waals surface area contributed by atoms with Crippen molar-refractivity contribution in [2.75, 3.05) is 6.54 Å². The molecule has 1 heterocycles. The molecule has 0 aliphatic carbocycles. The van der Waals surface area contributed by atoms with Crippen LogP contribution in [0.1, 0.15) is 11.1 Å². The average molecular weight is 143 g/mol. The van der Waals surface area contributed by atoms with Crippen molar-refractivity contribution < 1.29 is 0 Å². The Labute approximate surface area is 68.2 Å². The first kappa shape index (κ1) is 6.92. The van der Waals surface area contributed by atoms with E-state index >= 15 is 0 Å². The number of hydrogen-bond acceptors (Lipinski definition) is 1. The van der Waals surface area contributed by atoms with Crippen LogP contribution in [-0.4, -0.2) is 14.4 Å². The first-order chi connectivity index (χ1) is 5.36. The first-order valence-electron chi connectivity index (χ1n) is 3.94. The van der Waals surface area contributed by atoms with Gasteiger partial charge in [0.25, 0.3) is 0 Å². The molecule has 0 saturated heterocycles. The molecular formula is C9H10BN. The average Bonchev–Trinajstić information content (AvgIpc) is 2.04. The van der Waals surface area contributed by atoms with Crippen LogP contribution < -0.4 is 10.8 Å². The summed E-state index contributed by atoms with van der Waals surface area (Å²) in [5, 5.41) is 3.32. The van der Waals surface area contributed by atoms with Crippen molar-refractivity contribution >= 4 is 13.3 Å². The maximum Gasteiger partial charge on any atom is 0.113 e. The highest BCUT2D eigenvalue weighted by atomic mass is 14.9. The lowest BCUT2D eigenvalue weighted by Crippen LogP contribution is -2.24. The fourth-order valence-electron chi connectivity index (χ4n) is 1.50. The number of rotatable bonds is 0. The van der Waals surface area contributed by atoms with E-state index in [4.69, 9.17) is 7.85 Å². The van der Waals surface area contributed by atoms with Gasteiger partial charge in [-0.25, -0.2) is 0 Å². The van der Waals surface area contributed by atoms with Gasteiger partial charge in [0.15, 0.2) is 0 Å². The van der Waals surface area contributed by atoms with Crippen LogP contribution in [0, 0.1) is 0 Å². The summed E-state index contributed by atoms with van der Waals surface area (Å²) in [6.07, 6.45) is 1.11. The highest BCUT2D eigenvalue weighted by molar-refractivity contribution is 6.32. The van der Waals surface area contributed by atoms with E-state index in [1.165, 1.54) is 11.1 Å². The normalized spacial score (nSPS) is 16.0. The lowest BCUT2D eigenvalue weighted by molar-refractivity contribution is 0.644. The van der Waals surface area contributed by atoms with Crippen LogP contribution in [0.2, 0.25) is 0 Å². The van der Waals surface area contributed by atoms with Crippen LogP contribution in [0.5, 0.6) is 0 Å². The third kappa shape index (κ3) is 1.31. The molecule has 0 saturated carbocycles. The minimum atomic E-state index is 0.880. The smallest absolute Gasteiger partial charge is 0.113 e. The molecular weight excluding hydrogens is 133 g/mol. The molecule has 2 radical (unpaired) electrons. The number of nitrogens with one attached hydrogen (secondary N) is 1. The summed E-state index contributed by atoms with van der Waals surface area (Å²) >= 11 is 0. The second kappa shape index (κ2) is 2.70. The molecule has 1 aliphatic heterocycles. The molecule has 0 spiro atoms. The monoisotopic (exact) mass is 143 g/mol. The summed E-state index contributed by atoms with van der Waals surface area (Å²) in [4.78, 5) is 0. The molecule has 1 aromatic carbocycles. The SMILES string of the molecule is [B]c1ccc2c(c1)CCNC2. The Bertz CT molecular complexity index is 270. The van der Waals surface area contributed by atoms with Crippen LogP contribution in [0.15, 0.2) is 18.2 Å². The molecule has 1 nitrogen and oxygen atoms in total. The Morgan fingerprint density at radius 2 is 2.18 bits per heavy atom. The van der Waals surface area contributed by atoms with Gasteiger partial charge in [0, 0.05) is 6.54 Å². The van der Waals surface area contributed by atoms with Gasteiger partial charge in [0.2, 0.25) is 0 Å². The molecule has 0 amide bonds. The van der Waals surface area contributed by atoms with Gasteiger partial charge in [-0.1, -0.05) is 23.7 Å². The standard InChI is InChI=1S/C9H10BN/c10-9-2-1-8-6-11-4-3-7(8)5-9/h1-2,5,11H,3-4,6H2. The van der Waals surface area contributed by atoms with Crippen molar-refractivity contribution in [3.8, 4) is 0 Å². The van der Waals surface area contributed by atoms with E-state index in [9.17, 15) is 0 Å². The number of hydrogen-bond donors (Lipinski definition) is 1. The van der Waals surface area contributed by atoms with E-state index in [0.29, 0.717) is 0 Å². The van der Waals surface area contributed by atoms with Gasteiger partial charge in [0.1, 0.15) is 7.85 Å². The van der Waals surface area contributed by atoms with Crippen molar-refractivity contribution in [3.05, 3.63) is 29.3 Å². The van der Waals surface area contributed by atoms with Crippen LogP contribution in [0.4, 0.5) is 0 Å². The van der Waals surface area contributed by atoms with E-state index in [2.05, 4.69) is 17.4 Å². The van der Waals surface area contributed by atoms with Gasteiger partial charge in [-0.15, -0.1) is 0 Å². The lowest BCUT2D eigenvalue weighted by Gasteiger charge is -2.17. The molecule has 11 heavy (non-hydrogen) atoms. The third-order valence-corrected chi connectivity index (χ3v) is 2.12. The summed E-state index contributed by atoms with van der Waals surface area (Å²) in [5.41, 5.74) is 3.68. The van der Waals surface area contributed by atoms with Crippen molar-refractivity contribution in [2.45, 2.75) is 13.0 Å². The van der Waals surface area contributed by atoms with Gasteiger partial charge in [0.05, 0.1) is 0 Å². The first-order valence-corrected chi connectivity index (χ1v) is 3.94. The highest BCUT2D eigenvalue weighted by Crippen LogP contribution is 2.10. The van der Waals surface area contributed by atoms with Crippen molar-refractivity contribution in [1.82, 2.24) is 5.32 Å².